The summed E-state index contributed by atoms with van der Waals surface area (Å²) in [5.74, 6) is 1.52. The minimum atomic E-state index is -0.543. The molecule has 122 valence electrons. The molecule has 0 bridgehead atoms. The molecule has 22 heavy (non-hydrogen) atoms. The molecule has 3 rings (SSSR count). The number of hydrogen-bond acceptors (Lipinski definition) is 2. The summed E-state index contributed by atoms with van der Waals surface area (Å²) < 4.78 is 0. The predicted octanol–water partition coefficient (Wildman–Crippen LogP) is 3.50. The van der Waals surface area contributed by atoms with Gasteiger partial charge in [-0.25, -0.2) is 0 Å². The standard InChI is InChI=1S/C18H26N2O.ClH/c1-12-7-9-14(10-8-12)17(19)18(21)20-16-11-15(16)13-5-3-2-4-6-13;/h7-10,13,15-17H,2-6,11,19H2,1H3,(H,20,21);1H. The van der Waals surface area contributed by atoms with Crippen LogP contribution in [0.2, 0.25) is 0 Å². The van der Waals surface area contributed by atoms with E-state index in [2.05, 4.69) is 5.32 Å². The zero-order valence-electron chi connectivity index (χ0n) is 13.3. The summed E-state index contributed by atoms with van der Waals surface area (Å²) in [5, 5.41) is 3.15. The quantitative estimate of drug-likeness (QED) is 0.891. The van der Waals surface area contributed by atoms with Crippen molar-refractivity contribution in [3.63, 3.8) is 0 Å². The number of carbonyl (C=O) groups is 1. The lowest BCUT2D eigenvalue weighted by atomic mass is 9.85. The number of amides is 1. The van der Waals surface area contributed by atoms with Crippen LogP contribution in [0.4, 0.5) is 0 Å². The second kappa shape index (κ2) is 7.47. The lowest BCUT2D eigenvalue weighted by Crippen LogP contribution is -2.36. The Morgan fingerprint density at radius 3 is 2.45 bits per heavy atom. The second-order valence-electron chi connectivity index (χ2n) is 6.80. The minimum Gasteiger partial charge on any atom is -0.351 e. The normalized spacial score (nSPS) is 25.9. The van der Waals surface area contributed by atoms with Gasteiger partial charge in [0, 0.05) is 6.04 Å². The van der Waals surface area contributed by atoms with Crippen molar-refractivity contribution in [1.82, 2.24) is 5.32 Å². The first-order valence-corrected chi connectivity index (χ1v) is 8.27. The van der Waals surface area contributed by atoms with Gasteiger partial charge in [-0.1, -0.05) is 61.9 Å². The Hall–Kier alpha value is -1.06. The molecule has 2 aliphatic rings. The molecular formula is C18H27ClN2O. The van der Waals surface area contributed by atoms with E-state index in [9.17, 15) is 4.79 Å². The third-order valence-corrected chi connectivity index (χ3v) is 5.14. The van der Waals surface area contributed by atoms with Gasteiger partial charge < -0.3 is 11.1 Å². The highest BCUT2D eigenvalue weighted by atomic mass is 35.5. The molecule has 3 atom stereocenters. The summed E-state index contributed by atoms with van der Waals surface area (Å²) in [7, 11) is 0. The van der Waals surface area contributed by atoms with Gasteiger partial charge >= 0.3 is 0 Å². The number of hydrogen-bond donors (Lipinski definition) is 2. The zero-order chi connectivity index (χ0) is 14.8. The van der Waals surface area contributed by atoms with Crippen molar-refractivity contribution in [1.29, 1.82) is 0 Å². The number of nitrogens with one attached hydrogen (secondary N) is 1. The molecule has 1 amide bonds. The van der Waals surface area contributed by atoms with Gasteiger partial charge in [0.25, 0.3) is 0 Å². The monoisotopic (exact) mass is 322 g/mol. The average molecular weight is 323 g/mol. The Kier molecular flexibility index (Phi) is 5.87. The van der Waals surface area contributed by atoms with E-state index in [-0.39, 0.29) is 18.3 Å². The summed E-state index contributed by atoms with van der Waals surface area (Å²) in [4.78, 5) is 12.3. The van der Waals surface area contributed by atoms with E-state index in [1.807, 2.05) is 31.2 Å². The van der Waals surface area contributed by atoms with E-state index < -0.39 is 6.04 Å². The number of nitrogens with two attached hydrogens (primary N) is 1. The summed E-state index contributed by atoms with van der Waals surface area (Å²) in [6, 6.07) is 7.74. The van der Waals surface area contributed by atoms with Crippen molar-refractivity contribution in [3.05, 3.63) is 35.4 Å². The van der Waals surface area contributed by atoms with Gasteiger partial charge in [-0.15, -0.1) is 12.4 Å². The minimum absolute atomic E-state index is 0. The van der Waals surface area contributed by atoms with E-state index in [0.717, 1.165) is 17.9 Å². The van der Waals surface area contributed by atoms with Crippen molar-refractivity contribution < 1.29 is 4.79 Å². The Balaban J connectivity index is 0.00000176. The summed E-state index contributed by atoms with van der Waals surface area (Å²) in [5.41, 5.74) is 8.16. The highest BCUT2D eigenvalue weighted by molar-refractivity contribution is 5.85. The van der Waals surface area contributed by atoms with Gasteiger partial charge in [0.2, 0.25) is 5.91 Å². The highest BCUT2D eigenvalue weighted by Gasteiger charge is 2.44. The zero-order valence-corrected chi connectivity index (χ0v) is 14.1. The highest BCUT2D eigenvalue weighted by Crippen LogP contribution is 2.44. The molecule has 1 aromatic carbocycles. The Morgan fingerprint density at radius 2 is 1.82 bits per heavy atom. The van der Waals surface area contributed by atoms with Crippen LogP contribution in [0.15, 0.2) is 24.3 Å². The van der Waals surface area contributed by atoms with Crippen LogP contribution < -0.4 is 11.1 Å². The third kappa shape index (κ3) is 4.02. The van der Waals surface area contributed by atoms with Gasteiger partial charge in [0.05, 0.1) is 0 Å². The van der Waals surface area contributed by atoms with Crippen molar-refractivity contribution in [2.45, 2.75) is 57.5 Å². The maximum atomic E-state index is 12.3. The van der Waals surface area contributed by atoms with Gasteiger partial charge in [0.15, 0.2) is 0 Å². The summed E-state index contributed by atoms with van der Waals surface area (Å²) in [6.07, 6.45) is 7.97. The van der Waals surface area contributed by atoms with Crippen LogP contribution in [0.1, 0.15) is 55.7 Å². The molecule has 2 fully saturated rings. The number of carbonyl (C=O) groups excluding carboxylic acids is 1. The average Bonchev–Trinajstić information content (AvgIpc) is 3.27. The van der Waals surface area contributed by atoms with Crippen LogP contribution in [0.3, 0.4) is 0 Å². The van der Waals surface area contributed by atoms with E-state index in [4.69, 9.17) is 5.73 Å². The van der Waals surface area contributed by atoms with E-state index >= 15 is 0 Å². The molecule has 0 aliphatic heterocycles. The Labute approximate surface area is 139 Å². The largest absolute Gasteiger partial charge is 0.351 e. The summed E-state index contributed by atoms with van der Waals surface area (Å²) in [6.45, 7) is 2.04. The van der Waals surface area contributed by atoms with Crippen molar-refractivity contribution >= 4 is 18.3 Å². The van der Waals surface area contributed by atoms with Gasteiger partial charge in [-0.05, 0) is 30.7 Å². The van der Waals surface area contributed by atoms with Crippen LogP contribution in [-0.2, 0) is 4.79 Å². The first kappa shape index (κ1) is 17.3. The smallest absolute Gasteiger partial charge is 0.241 e. The molecule has 1 aromatic rings. The predicted molar refractivity (Wildman–Crippen MR) is 92.0 cm³/mol. The summed E-state index contributed by atoms with van der Waals surface area (Å²) >= 11 is 0. The van der Waals surface area contributed by atoms with E-state index in [1.54, 1.807) is 0 Å². The molecule has 3 nitrogen and oxygen atoms in total. The van der Waals surface area contributed by atoms with E-state index in [0.29, 0.717) is 12.0 Å². The van der Waals surface area contributed by atoms with Crippen LogP contribution in [0.25, 0.3) is 0 Å². The van der Waals surface area contributed by atoms with E-state index in [1.165, 1.54) is 37.7 Å². The first-order chi connectivity index (χ1) is 10.1. The molecule has 2 saturated carbocycles. The second-order valence-corrected chi connectivity index (χ2v) is 6.80. The van der Waals surface area contributed by atoms with Gasteiger partial charge in [-0.3, -0.25) is 4.79 Å². The fourth-order valence-corrected chi connectivity index (χ4v) is 3.66. The lowest BCUT2D eigenvalue weighted by Gasteiger charge is -2.22. The fraction of sp³-hybridized carbons (Fsp3) is 0.611. The maximum absolute atomic E-state index is 12.3. The van der Waals surface area contributed by atoms with Gasteiger partial charge in [-0.2, -0.15) is 0 Å². The molecule has 0 radical (unpaired) electrons. The number of rotatable bonds is 4. The molecule has 2 aliphatic carbocycles. The maximum Gasteiger partial charge on any atom is 0.241 e. The molecule has 0 heterocycles. The number of aryl methyl sites for hydroxylation is 1. The van der Waals surface area contributed by atoms with Crippen LogP contribution in [0, 0.1) is 18.8 Å². The van der Waals surface area contributed by atoms with Crippen LogP contribution in [0.5, 0.6) is 0 Å². The Morgan fingerprint density at radius 1 is 1.18 bits per heavy atom. The van der Waals surface area contributed by atoms with Crippen molar-refractivity contribution in [2.24, 2.45) is 17.6 Å². The molecule has 4 heteroatoms. The Bertz CT molecular complexity index is 496. The molecule has 0 saturated heterocycles. The van der Waals surface area contributed by atoms with Gasteiger partial charge in [0.1, 0.15) is 6.04 Å². The first-order valence-electron chi connectivity index (χ1n) is 8.27. The fourth-order valence-electron chi connectivity index (χ4n) is 3.66. The van der Waals surface area contributed by atoms with Crippen molar-refractivity contribution in [2.75, 3.05) is 0 Å². The van der Waals surface area contributed by atoms with Crippen molar-refractivity contribution in [3.8, 4) is 0 Å². The van der Waals surface area contributed by atoms with Crippen LogP contribution in [-0.4, -0.2) is 11.9 Å². The molecular weight excluding hydrogens is 296 g/mol. The molecule has 3 N–H and O–H groups in total. The number of benzene rings is 1. The SMILES string of the molecule is Cc1ccc(C(N)C(=O)NC2CC2C2CCCCC2)cc1.Cl. The topological polar surface area (TPSA) is 55.1 Å². The molecule has 0 spiro atoms. The third-order valence-electron chi connectivity index (χ3n) is 5.14. The lowest BCUT2D eigenvalue weighted by molar-refractivity contribution is -0.122. The van der Waals surface area contributed by atoms with Crippen LogP contribution >= 0.6 is 12.4 Å². The molecule has 3 unspecified atom stereocenters. The number of halogens is 1. The molecule has 0 aromatic heterocycles.